The number of hydrogen-bond acceptors (Lipinski definition) is 3. The Kier molecular flexibility index (Phi) is 6.04. The lowest BCUT2D eigenvalue weighted by Gasteiger charge is -2.18. The molecule has 0 bridgehead atoms. The van der Waals surface area contributed by atoms with Crippen LogP contribution in [0.5, 0.6) is 5.75 Å². The van der Waals surface area contributed by atoms with Crippen molar-refractivity contribution in [3.8, 4) is 11.8 Å². The van der Waals surface area contributed by atoms with E-state index in [4.69, 9.17) is 15.7 Å². The average molecular weight is 274 g/mol. The highest BCUT2D eigenvalue weighted by Gasteiger charge is 2.17. The lowest BCUT2D eigenvalue weighted by atomic mass is 9.92. The Morgan fingerprint density at radius 2 is 2.10 bits per heavy atom. The van der Waals surface area contributed by atoms with Gasteiger partial charge in [0.2, 0.25) is 0 Å². The van der Waals surface area contributed by atoms with Crippen LogP contribution in [0.2, 0.25) is 0 Å². The summed E-state index contributed by atoms with van der Waals surface area (Å²) in [6.45, 7) is 8.58. The first kappa shape index (κ1) is 16.5. The van der Waals surface area contributed by atoms with Crippen LogP contribution >= 0.6 is 0 Å². The summed E-state index contributed by atoms with van der Waals surface area (Å²) < 4.78 is 5.87. The van der Waals surface area contributed by atoms with Gasteiger partial charge in [-0.05, 0) is 51.7 Å². The maximum Gasteiger partial charge on any atom is 0.122 e. The molecule has 0 radical (unpaired) electrons. The average Bonchev–Trinajstić information content (AvgIpc) is 2.41. The third-order valence-electron chi connectivity index (χ3n) is 3.51. The molecule has 2 N–H and O–H groups in total. The molecule has 110 valence electrons. The first-order valence-electron chi connectivity index (χ1n) is 7.27. The van der Waals surface area contributed by atoms with Gasteiger partial charge >= 0.3 is 0 Å². The highest BCUT2D eigenvalue weighted by atomic mass is 16.5. The summed E-state index contributed by atoms with van der Waals surface area (Å²) in [5.41, 5.74) is 8.08. The van der Waals surface area contributed by atoms with Gasteiger partial charge in [-0.1, -0.05) is 24.6 Å². The summed E-state index contributed by atoms with van der Waals surface area (Å²) in [6, 6.07) is 8.65. The van der Waals surface area contributed by atoms with Crippen molar-refractivity contribution in [3.05, 3.63) is 29.3 Å². The molecule has 3 heteroatoms. The van der Waals surface area contributed by atoms with Gasteiger partial charge in [-0.3, -0.25) is 0 Å². The minimum Gasteiger partial charge on any atom is -0.493 e. The highest BCUT2D eigenvalue weighted by molar-refractivity contribution is 5.37. The Balaban J connectivity index is 2.72. The maximum absolute atomic E-state index is 9.01. The molecule has 1 rings (SSSR count). The summed E-state index contributed by atoms with van der Waals surface area (Å²) in [4.78, 5) is 0. The smallest absolute Gasteiger partial charge is 0.122 e. The lowest BCUT2D eigenvalue weighted by Crippen LogP contribution is -2.22. The van der Waals surface area contributed by atoms with E-state index in [1.165, 1.54) is 5.56 Å². The van der Waals surface area contributed by atoms with Crippen molar-refractivity contribution in [1.82, 2.24) is 0 Å². The van der Waals surface area contributed by atoms with Crippen LogP contribution in [-0.2, 0) is 6.42 Å². The zero-order chi connectivity index (χ0) is 15.2. The number of aryl methyl sites for hydroxylation is 1. The lowest BCUT2D eigenvalue weighted by molar-refractivity contribution is 0.262. The van der Waals surface area contributed by atoms with Crippen LogP contribution in [0.4, 0.5) is 0 Å². The maximum atomic E-state index is 9.01. The Morgan fingerprint density at radius 1 is 1.40 bits per heavy atom. The third kappa shape index (κ3) is 5.22. The van der Waals surface area contributed by atoms with E-state index in [0.29, 0.717) is 6.61 Å². The van der Waals surface area contributed by atoms with Crippen molar-refractivity contribution in [2.75, 3.05) is 6.61 Å². The number of benzene rings is 1. The Bertz CT molecular complexity index is 474. The molecule has 0 amide bonds. The van der Waals surface area contributed by atoms with Crippen LogP contribution in [-0.4, -0.2) is 12.6 Å². The van der Waals surface area contributed by atoms with E-state index in [9.17, 15) is 0 Å². The zero-order valence-electron chi connectivity index (χ0n) is 13.1. The molecule has 0 fully saturated rings. The van der Waals surface area contributed by atoms with Crippen LogP contribution in [0.1, 0.15) is 44.7 Å². The Hall–Kier alpha value is -1.53. The van der Waals surface area contributed by atoms with E-state index in [0.717, 1.165) is 30.6 Å². The number of ether oxygens (including phenoxy) is 1. The first-order chi connectivity index (χ1) is 9.38. The molecule has 0 saturated carbocycles. The third-order valence-corrected chi connectivity index (χ3v) is 3.51. The number of nitriles is 1. The van der Waals surface area contributed by atoms with Gasteiger partial charge in [0, 0.05) is 6.04 Å². The van der Waals surface area contributed by atoms with Gasteiger partial charge < -0.3 is 10.5 Å². The summed E-state index contributed by atoms with van der Waals surface area (Å²) >= 11 is 0. The minimum absolute atomic E-state index is 0.162. The molecule has 0 spiro atoms. The van der Waals surface area contributed by atoms with E-state index in [1.54, 1.807) is 0 Å². The van der Waals surface area contributed by atoms with E-state index >= 15 is 0 Å². The van der Waals surface area contributed by atoms with Gasteiger partial charge in [0.15, 0.2) is 0 Å². The topological polar surface area (TPSA) is 59.0 Å². The van der Waals surface area contributed by atoms with Crippen molar-refractivity contribution in [2.45, 2.75) is 53.0 Å². The predicted molar refractivity (Wildman–Crippen MR) is 82.7 cm³/mol. The van der Waals surface area contributed by atoms with E-state index in [-0.39, 0.29) is 11.5 Å². The minimum atomic E-state index is -0.343. The summed E-state index contributed by atoms with van der Waals surface area (Å²) in [5.74, 6) is 0.897. The molecule has 1 aromatic rings. The molecule has 1 aromatic carbocycles. The van der Waals surface area contributed by atoms with Crippen LogP contribution in [0.3, 0.4) is 0 Å². The zero-order valence-corrected chi connectivity index (χ0v) is 13.1. The Labute approximate surface area is 122 Å². The van der Waals surface area contributed by atoms with Gasteiger partial charge in [-0.2, -0.15) is 5.26 Å². The number of hydrogen-bond donors (Lipinski definition) is 1. The monoisotopic (exact) mass is 274 g/mol. The van der Waals surface area contributed by atoms with E-state index < -0.39 is 0 Å². The Morgan fingerprint density at radius 3 is 2.70 bits per heavy atom. The molecule has 20 heavy (non-hydrogen) atoms. The van der Waals surface area contributed by atoms with Crippen LogP contribution in [0.25, 0.3) is 0 Å². The van der Waals surface area contributed by atoms with E-state index in [2.05, 4.69) is 26.0 Å². The van der Waals surface area contributed by atoms with Crippen molar-refractivity contribution < 1.29 is 4.74 Å². The molecule has 0 heterocycles. The number of nitrogens with two attached hydrogens (primary N) is 1. The number of rotatable bonds is 7. The van der Waals surface area contributed by atoms with Crippen LogP contribution in [0.15, 0.2) is 18.2 Å². The van der Waals surface area contributed by atoms with Gasteiger partial charge in [0.05, 0.1) is 18.1 Å². The molecule has 3 nitrogen and oxygen atoms in total. The molecule has 1 unspecified atom stereocenters. The molecule has 0 aliphatic rings. The van der Waals surface area contributed by atoms with Crippen LogP contribution < -0.4 is 10.5 Å². The SMILES string of the molecule is CCC(N)Cc1cc(C)ccc1OCCC(C)(C)C#N. The normalized spacial score (nSPS) is 12.8. The largest absolute Gasteiger partial charge is 0.493 e. The number of nitrogens with zero attached hydrogens (tertiary/aromatic N) is 1. The predicted octanol–water partition coefficient (Wildman–Crippen LogP) is 3.59. The molecule has 0 aromatic heterocycles. The van der Waals surface area contributed by atoms with Gasteiger partial charge in [0.1, 0.15) is 5.75 Å². The fourth-order valence-corrected chi connectivity index (χ4v) is 1.91. The summed E-state index contributed by atoms with van der Waals surface area (Å²) in [6.07, 6.45) is 2.50. The fraction of sp³-hybridized carbons (Fsp3) is 0.588. The van der Waals surface area contributed by atoms with Crippen molar-refractivity contribution in [3.63, 3.8) is 0 Å². The van der Waals surface area contributed by atoms with Crippen molar-refractivity contribution in [2.24, 2.45) is 11.1 Å². The standard InChI is InChI=1S/C17H26N2O/c1-5-15(19)11-14-10-13(2)6-7-16(14)20-9-8-17(3,4)12-18/h6-7,10,15H,5,8-9,11,19H2,1-4H3. The fourth-order valence-electron chi connectivity index (χ4n) is 1.91. The van der Waals surface area contributed by atoms with Crippen molar-refractivity contribution >= 4 is 0 Å². The molecule has 0 saturated heterocycles. The second-order valence-electron chi connectivity index (χ2n) is 6.08. The van der Waals surface area contributed by atoms with Crippen LogP contribution in [0, 0.1) is 23.7 Å². The highest BCUT2D eigenvalue weighted by Crippen LogP contribution is 2.24. The second kappa shape index (κ2) is 7.31. The van der Waals surface area contributed by atoms with Gasteiger partial charge in [-0.15, -0.1) is 0 Å². The summed E-state index contributed by atoms with van der Waals surface area (Å²) in [5, 5.41) is 9.01. The molecular formula is C17H26N2O. The second-order valence-corrected chi connectivity index (χ2v) is 6.08. The quantitative estimate of drug-likeness (QED) is 0.826. The first-order valence-corrected chi connectivity index (χ1v) is 7.27. The molecule has 0 aliphatic carbocycles. The van der Waals surface area contributed by atoms with E-state index in [1.807, 2.05) is 26.0 Å². The molecular weight excluding hydrogens is 248 g/mol. The molecule has 1 atom stereocenters. The van der Waals surface area contributed by atoms with Gasteiger partial charge in [-0.25, -0.2) is 0 Å². The van der Waals surface area contributed by atoms with Gasteiger partial charge in [0.25, 0.3) is 0 Å². The molecule has 0 aliphatic heterocycles. The van der Waals surface area contributed by atoms with Crippen molar-refractivity contribution in [1.29, 1.82) is 5.26 Å². The summed E-state index contributed by atoms with van der Waals surface area (Å²) in [7, 11) is 0.